The summed E-state index contributed by atoms with van der Waals surface area (Å²) in [4.78, 5) is 22.5. The maximum atomic E-state index is 12.0. The first-order valence-corrected chi connectivity index (χ1v) is 7.75. The third-order valence-corrected chi connectivity index (χ3v) is 4.03. The molecule has 8 heteroatoms. The Bertz CT molecular complexity index is 606. The predicted octanol–water partition coefficient (Wildman–Crippen LogP) is 0.875. The molecule has 1 unspecified atom stereocenters. The van der Waals surface area contributed by atoms with E-state index >= 15 is 0 Å². The minimum absolute atomic E-state index is 0.0732. The standard InChI is InChI=1S/C13H18N2O5S/c1-4-12(20-3)13(17)15-21(18,19)11-7-5-10(6-8-11)14-9(2)16/h5-8,12H,4H2,1-3H3,(H,14,16)(H,15,17). The zero-order chi connectivity index (χ0) is 16.0. The van der Waals surface area contributed by atoms with E-state index in [1.54, 1.807) is 6.92 Å². The molecule has 0 spiro atoms. The summed E-state index contributed by atoms with van der Waals surface area (Å²) in [5, 5.41) is 2.52. The number of hydrogen-bond donors (Lipinski definition) is 2. The van der Waals surface area contributed by atoms with Crippen molar-refractivity contribution in [1.82, 2.24) is 4.72 Å². The predicted molar refractivity (Wildman–Crippen MR) is 77.2 cm³/mol. The summed E-state index contributed by atoms with van der Waals surface area (Å²) >= 11 is 0. The minimum atomic E-state index is -3.96. The Morgan fingerprint density at radius 2 is 1.81 bits per heavy atom. The van der Waals surface area contributed by atoms with Crippen LogP contribution < -0.4 is 10.0 Å². The molecule has 1 aromatic carbocycles. The third-order valence-electron chi connectivity index (χ3n) is 2.67. The van der Waals surface area contributed by atoms with E-state index in [1.165, 1.54) is 38.3 Å². The number of hydrogen-bond acceptors (Lipinski definition) is 5. The van der Waals surface area contributed by atoms with Gasteiger partial charge in [-0.05, 0) is 30.7 Å². The lowest BCUT2D eigenvalue weighted by atomic mass is 10.3. The van der Waals surface area contributed by atoms with Crippen LogP contribution in [0.25, 0.3) is 0 Å². The van der Waals surface area contributed by atoms with Crippen LogP contribution in [0.4, 0.5) is 5.69 Å². The molecule has 0 aliphatic carbocycles. The van der Waals surface area contributed by atoms with Gasteiger partial charge in [-0.15, -0.1) is 0 Å². The minimum Gasteiger partial charge on any atom is -0.372 e. The van der Waals surface area contributed by atoms with E-state index < -0.39 is 22.0 Å². The van der Waals surface area contributed by atoms with Gasteiger partial charge in [-0.2, -0.15) is 0 Å². The van der Waals surface area contributed by atoms with E-state index in [9.17, 15) is 18.0 Å². The van der Waals surface area contributed by atoms with Gasteiger partial charge in [0.2, 0.25) is 5.91 Å². The van der Waals surface area contributed by atoms with Gasteiger partial charge >= 0.3 is 0 Å². The fourth-order valence-corrected chi connectivity index (χ4v) is 2.65. The summed E-state index contributed by atoms with van der Waals surface area (Å²) in [5.41, 5.74) is 0.469. The number of anilines is 1. The lowest BCUT2D eigenvalue weighted by Crippen LogP contribution is -2.39. The first-order valence-electron chi connectivity index (χ1n) is 6.27. The molecule has 0 bridgehead atoms. The molecule has 0 saturated carbocycles. The summed E-state index contributed by atoms with van der Waals surface area (Å²) in [6.45, 7) is 3.06. The molecule has 7 nitrogen and oxygen atoms in total. The largest absolute Gasteiger partial charge is 0.372 e. The highest BCUT2D eigenvalue weighted by molar-refractivity contribution is 7.90. The van der Waals surface area contributed by atoms with Crippen LogP contribution in [0.2, 0.25) is 0 Å². The second-order valence-corrected chi connectivity index (χ2v) is 5.99. The lowest BCUT2D eigenvalue weighted by Gasteiger charge is -2.13. The Hall–Kier alpha value is -1.93. The Morgan fingerprint density at radius 1 is 1.24 bits per heavy atom. The number of benzene rings is 1. The smallest absolute Gasteiger partial charge is 0.264 e. The Kier molecular flexibility index (Phi) is 5.86. The molecule has 1 aromatic rings. The molecular formula is C13H18N2O5S. The molecule has 2 amide bonds. The van der Waals surface area contributed by atoms with Gasteiger partial charge in [-0.3, -0.25) is 9.59 Å². The van der Waals surface area contributed by atoms with Crippen LogP contribution in [0.1, 0.15) is 20.3 Å². The van der Waals surface area contributed by atoms with E-state index in [1.807, 2.05) is 4.72 Å². The molecule has 0 heterocycles. The van der Waals surface area contributed by atoms with Gasteiger partial charge in [-0.25, -0.2) is 13.1 Å². The number of carbonyl (C=O) groups excluding carboxylic acids is 2. The number of ether oxygens (including phenoxy) is 1. The maximum Gasteiger partial charge on any atom is 0.264 e. The zero-order valence-electron chi connectivity index (χ0n) is 12.0. The van der Waals surface area contributed by atoms with Crippen molar-refractivity contribution in [1.29, 1.82) is 0 Å². The SMILES string of the molecule is CCC(OC)C(=O)NS(=O)(=O)c1ccc(NC(C)=O)cc1. The average molecular weight is 314 g/mol. The molecule has 0 aromatic heterocycles. The van der Waals surface area contributed by atoms with Crippen molar-refractivity contribution in [3.63, 3.8) is 0 Å². The quantitative estimate of drug-likeness (QED) is 0.811. The van der Waals surface area contributed by atoms with Gasteiger partial charge in [0, 0.05) is 19.7 Å². The second-order valence-electron chi connectivity index (χ2n) is 4.31. The normalized spacial score (nSPS) is 12.5. The number of carbonyl (C=O) groups is 2. The van der Waals surface area contributed by atoms with Crippen molar-refractivity contribution in [3.05, 3.63) is 24.3 Å². The van der Waals surface area contributed by atoms with Crippen LogP contribution in [0.3, 0.4) is 0 Å². The van der Waals surface area contributed by atoms with Crippen molar-refractivity contribution in [2.45, 2.75) is 31.3 Å². The molecule has 0 saturated heterocycles. The molecule has 1 rings (SSSR count). The molecule has 0 aliphatic rings. The molecular weight excluding hydrogens is 296 g/mol. The Balaban J connectivity index is 2.88. The first-order chi connectivity index (χ1) is 9.80. The van der Waals surface area contributed by atoms with E-state index in [4.69, 9.17) is 4.74 Å². The van der Waals surface area contributed by atoms with Gasteiger partial charge in [0.25, 0.3) is 15.9 Å². The summed E-state index contributed by atoms with van der Waals surface area (Å²) in [7, 11) is -2.63. The summed E-state index contributed by atoms with van der Waals surface area (Å²) in [6.07, 6.45) is -0.460. The molecule has 1 atom stereocenters. The molecule has 116 valence electrons. The van der Waals surface area contributed by atoms with Crippen molar-refractivity contribution in [3.8, 4) is 0 Å². The fourth-order valence-electron chi connectivity index (χ4n) is 1.64. The maximum absolute atomic E-state index is 12.0. The first kappa shape index (κ1) is 17.1. The van der Waals surface area contributed by atoms with Crippen molar-refractivity contribution in [2.75, 3.05) is 12.4 Å². The van der Waals surface area contributed by atoms with Crippen LogP contribution in [0.15, 0.2) is 29.2 Å². The number of amides is 2. The molecule has 0 fully saturated rings. The summed E-state index contributed by atoms with van der Waals surface area (Å²) in [6, 6.07) is 5.48. The van der Waals surface area contributed by atoms with Crippen LogP contribution in [-0.4, -0.2) is 33.4 Å². The molecule has 2 N–H and O–H groups in total. The average Bonchev–Trinajstić information content (AvgIpc) is 2.39. The van der Waals surface area contributed by atoms with Gasteiger partial charge < -0.3 is 10.1 Å². The zero-order valence-corrected chi connectivity index (χ0v) is 12.9. The number of nitrogens with one attached hydrogen (secondary N) is 2. The third kappa shape index (κ3) is 4.83. The van der Waals surface area contributed by atoms with Crippen molar-refractivity contribution in [2.24, 2.45) is 0 Å². The molecule has 0 radical (unpaired) electrons. The Morgan fingerprint density at radius 3 is 2.24 bits per heavy atom. The van der Waals surface area contributed by atoms with Crippen molar-refractivity contribution >= 4 is 27.5 Å². The molecule has 0 aliphatic heterocycles. The van der Waals surface area contributed by atoms with Crippen LogP contribution in [0.5, 0.6) is 0 Å². The highest BCUT2D eigenvalue weighted by Crippen LogP contribution is 2.14. The van der Waals surface area contributed by atoms with Gasteiger partial charge in [-0.1, -0.05) is 6.92 Å². The highest BCUT2D eigenvalue weighted by atomic mass is 32.2. The number of rotatable bonds is 6. The highest BCUT2D eigenvalue weighted by Gasteiger charge is 2.23. The monoisotopic (exact) mass is 314 g/mol. The molecule has 21 heavy (non-hydrogen) atoms. The van der Waals surface area contributed by atoms with Crippen molar-refractivity contribution < 1.29 is 22.7 Å². The number of methoxy groups -OCH3 is 1. The summed E-state index contributed by atoms with van der Waals surface area (Å²) < 4.78 is 30.9. The van der Waals surface area contributed by atoms with Gasteiger partial charge in [0.15, 0.2) is 0 Å². The summed E-state index contributed by atoms with van der Waals surface area (Å²) in [5.74, 6) is -0.976. The van der Waals surface area contributed by atoms with Crippen LogP contribution >= 0.6 is 0 Å². The van der Waals surface area contributed by atoms with E-state index in [0.29, 0.717) is 12.1 Å². The van der Waals surface area contributed by atoms with Crippen LogP contribution in [0, 0.1) is 0 Å². The second kappa shape index (κ2) is 7.19. The van der Waals surface area contributed by atoms with E-state index in [2.05, 4.69) is 5.32 Å². The topological polar surface area (TPSA) is 102 Å². The fraction of sp³-hybridized carbons (Fsp3) is 0.385. The van der Waals surface area contributed by atoms with Gasteiger partial charge in [0.05, 0.1) is 4.90 Å². The van der Waals surface area contributed by atoms with E-state index in [0.717, 1.165) is 0 Å². The number of sulfonamides is 1. The van der Waals surface area contributed by atoms with Gasteiger partial charge in [0.1, 0.15) is 6.10 Å². The Labute approximate surface area is 123 Å². The van der Waals surface area contributed by atoms with E-state index in [-0.39, 0.29) is 10.8 Å². The lowest BCUT2D eigenvalue weighted by molar-refractivity contribution is -0.129. The van der Waals surface area contributed by atoms with Crippen LogP contribution in [-0.2, 0) is 24.3 Å².